The molecule has 3 N–H and O–H groups in total. The number of nitrogens with one attached hydrogen (secondary N) is 1. The molecule has 2 aromatic heterocycles. The average Bonchev–Trinajstić information content (AvgIpc) is 3.17. The molecule has 0 radical (unpaired) electrons. The van der Waals surface area contributed by atoms with Gasteiger partial charge in [-0.1, -0.05) is 47.5 Å². The number of nitrogens with zero attached hydrogens (tertiary/aromatic N) is 4. The lowest BCUT2D eigenvalue weighted by Gasteiger charge is -2.44. The van der Waals surface area contributed by atoms with E-state index in [0.29, 0.717) is 35.9 Å². The van der Waals surface area contributed by atoms with E-state index in [-0.39, 0.29) is 32.1 Å². The van der Waals surface area contributed by atoms with Crippen molar-refractivity contribution in [1.29, 1.82) is 0 Å². The Morgan fingerprint density at radius 3 is 2.54 bits per heavy atom. The van der Waals surface area contributed by atoms with Crippen LogP contribution in [0.1, 0.15) is 67.0 Å². The third kappa shape index (κ3) is 5.23. The minimum absolute atomic E-state index is 0.0132. The first-order valence-corrected chi connectivity index (χ1v) is 14.8. The van der Waals surface area contributed by atoms with Crippen LogP contribution in [0.2, 0.25) is 10.2 Å². The number of hydrogen-bond donors (Lipinski definition) is 2. The van der Waals surface area contributed by atoms with Crippen LogP contribution in [0.4, 0.5) is 5.95 Å². The van der Waals surface area contributed by atoms with Crippen molar-refractivity contribution < 1.29 is 9.35 Å². The summed E-state index contributed by atoms with van der Waals surface area (Å²) in [5.74, 6) is -0.219. The normalized spacial score (nSPS) is 19.3. The number of halogens is 2. The molecule has 1 fully saturated rings. The number of aryl methyl sites for hydroxylation is 1. The smallest absolute Gasteiger partial charge is 0.268 e. The van der Waals surface area contributed by atoms with Gasteiger partial charge in [-0.25, -0.2) is 15.0 Å². The highest BCUT2D eigenvalue weighted by Crippen LogP contribution is 2.53. The van der Waals surface area contributed by atoms with Gasteiger partial charge in [-0.2, -0.15) is 0 Å². The molecule has 1 aliphatic carbocycles. The molecule has 5 rings (SSSR count). The standard InChI is InChI=1S/C28H32Cl2N6O2S/c1-16-20(19-9-12-32-24(30)21(19)29)22(25(31)37)34-26(33-16)36-13-10-28(11-14-36)15-17-7-5-6-8-18(17)23(28)35-39(38)27(2,3)4/h5-9,12,23,35H,10-11,13-15H2,1-4H3,(H2,31,37)/t23-,39?/m1/s1. The summed E-state index contributed by atoms with van der Waals surface area (Å²) in [4.78, 5) is 28.0. The molecule has 1 aromatic carbocycles. The molecule has 3 aromatic rings. The van der Waals surface area contributed by atoms with E-state index >= 15 is 0 Å². The van der Waals surface area contributed by atoms with E-state index in [1.807, 2.05) is 26.8 Å². The number of piperidine rings is 1. The lowest BCUT2D eigenvalue weighted by atomic mass is 9.73. The van der Waals surface area contributed by atoms with Crippen LogP contribution in [0.25, 0.3) is 11.1 Å². The van der Waals surface area contributed by atoms with Crippen molar-refractivity contribution in [3.63, 3.8) is 0 Å². The molecule has 1 aliphatic heterocycles. The second kappa shape index (κ2) is 10.5. The molecule has 3 heterocycles. The van der Waals surface area contributed by atoms with Crippen LogP contribution >= 0.6 is 23.2 Å². The fraction of sp³-hybridized carbons (Fsp3) is 0.429. The molecule has 11 heteroatoms. The number of nitrogens with two attached hydrogens (primary N) is 1. The molecule has 1 unspecified atom stereocenters. The van der Waals surface area contributed by atoms with Crippen molar-refractivity contribution in [2.45, 2.75) is 57.7 Å². The average molecular weight is 588 g/mol. The summed E-state index contributed by atoms with van der Waals surface area (Å²) in [5.41, 5.74) is 9.85. The monoisotopic (exact) mass is 586 g/mol. The summed E-state index contributed by atoms with van der Waals surface area (Å²) in [5, 5.41) is 0.343. The molecule has 2 atom stereocenters. The van der Waals surface area contributed by atoms with Crippen molar-refractivity contribution in [2.75, 3.05) is 18.0 Å². The van der Waals surface area contributed by atoms with Crippen molar-refractivity contribution in [3.8, 4) is 11.1 Å². The number of aromatic nitrogens is 3. The number of carbonyl (C=O) groups is 1. The minimum atomic E-state index is -1.21. The zero-order valence-corrected chi connectivity index (χ0v) is 24.8. The number of carbonyl (C=O) groups excluding carboxylic acids is 1. The Bertz CT molecular complexity index is 1420. The molecular weight excluding hydrogens is 555 g/mol. The van der Waals surface area contributed by atoms with Crippen LogP contribution in [0, 0.1) is 12.3 Å². The van der Waals surface area contributed by atoms with E-state index in [4.69, 9.17) is 33.9 Å². The Kier molecular flexibility index (Phi) is 7.58. The van der Waals surface area contributed by atoms with Gasteiger partial charge in [0.1, 0.15) is 15.6 Å². The molecule has 8 nitrogen and oxygen atoms in total. The maximum atomic E-state index is 13.2. The van der Waals surface area contributed by atoms with Gasteiger partial charge in [0.05, 0.1) is 16.8 Å². The van der Waals surface area contributed by atoms with Gasteiger partial charge in [-0.05, 0) is 64.2 Å². The maximum Gasteiger partial charge on any atom is 0.268 e. The number of primary amides is 1. The van der Waals surface area contributed by atoms with Crippen LogP contribution in [-0.4, -0.2) is 43.2 Å². The third-order valence-electron chi connectivity index (χ3n) is 7.77. The number of rotatable bonds is 5. The molecule has 1 amide bonds. The molecule has 0 bridgehead atoms. The van der Waals surface area contributed by atoms with Crippen molar-refractivity contribution >= 4 is 46.4 Å². The summed E-state index contributed by atoms with van der Waals surface area (Å²) in [6, 6.07) is 10.1. The second-order valence-corrected chi connectivity index (χ2v) is 14.1. The Morgan fingerprint density at radius 2 is 1.87 bits per heavy atom. The lowest BCUT2D eigenvalue weighted by Crippen LogP contribution is -2.50. The fourth-order valence-corrected chi connectivity index (χ4v) is 7.00. The first-order chi connectivity index (χ1) is 18.4. The number of fused-ring (bicyclic) bond motifs is 1. The highest BCUT2D eigenvalue weighted by molar-refractivity contribution is 7.90. The van der Waals surface area contributed by atoms with Crippen LogP contribution in [-0.2, 0) is 17.8 Å². The third-order valence-corrected chi connectivity index (χ3v) is 10.1. The molecule has 1 spiro atoms. The quantitative estimate of drug-likeness (QED) is 0.312. The number of pyridine rings is 1. The molecule has 39 heavy (non-hydrogen) atoms. The zero-order chi connectivity index (χ0) is 28.1. The zero-order valence-electron chi connectivity index (χ0n) is 22.4. The molecule has 206 valence electrons. The van der Waals surface area contributed by atoms with E-state index in [1.54, 1.807) is 13.0 Å². The van der Waals surface area contributed by atoms with Gasteiger partial charge in [0.15, 0.2) is 0 Å². The Morgan fingerprint density at radius 1 is 1.18 bits per heavy atom. The van der Waals surface area contributed by atoms with E-state index in [1.165, 1.54) is 17.3 Å². The predicted molar refractivity (Wildman–Crippen MR) is 156 cm³/mol. The Labute approximate surface area is 242 Å². The predicted octanol–water partition coefficient (Wildman–Crippen LogP) is 5.19. The van der Waals surface area contributed by atoms with E-state index < -0.39 is 17.3 Å². The van der Waals surface area contributed by atoms with E-state index in [2.05, 4.69) is 37.8 Å². The second-order valence-electron chi connectivity index (χ2n) is 11.3. The molecule has 1 saturated heterocycles. The Balaban J connectivity index is 1.44. The van der Waals surface area contributed by atoms with Gasteiger partial charge in [0.25, 0.3) is 5.91 Å². The van der Waals surface area contributed by atoms with Gasteiger partial charge < -0.3 is 15.2 Å². The lowest BCUT2D eigenvalue weighted by molar-refractivity contribution is 0.0996. The summed E-state index contributed by atoms with van der Waals surface area (Å²) in [7, 11) is 0. The highest BCUT2D eigenvalue weighted by Gasteiger charge is 2.50. The first-order valence-electron chi connectivity index (χ1n) is 12.9. The summed E-state index contributed by atoms with van der Waals surface area (Å²) >= 11 is 11.3. The minimum Gasteiger partial charge on any atom is -0.598 e. The molecule has 2 aliphatic rings. The summed E-state index contributed by atoms with van der Waals surface area (Å²) in [6.07, 6.45) is 4.14. The highest BCUT2D eigenvalue weighted by atomic mass is 35.5. The van der Waals surface area contributed by atoms with Crippen LogP contribution in [0.15, 0.2) is 36.5 Å². The van der Waals surface area contributed by atoms with Gasteiger partial charge in [-0.15, -0.1) is 4.72 Å². The van der Waals surface area contributed by atoms with E-state index in [9.17, 15) is 9.35 Å². The largest absolute Gasteiger partial charge is 0.598 e. The van der Waals surface area contributed by atoms with Crippen molar-refractivity contribution in [2.24, 2.45) is 11.1 Å². The summed E-state index contributed by atoms with van der Waals surface area (Å²) < 4.78 is 16.3. The SMILES string of the molecule is Cc1nc(N2CCC3(CC2)Cc2ccccc2[C@H]3N[S+]([O-])C(C)(C)C)nc(C(N)=O)c1-c1ccnc(Cl)c1Cl. The number of anilines is 1. The van der Waals surface area contributed by atoms with Gasteiger partial charge in [0.2, 0.25) is 5.95 Å². The van der Waals surface area contributed by atoms with Crippen molar-refractivity contribution in [1.82, 2.24) is 19.7 Å². The first kappa shape index (κ1) is 28.1. The van der Waals surface area contributed by atoms with Gasteiger partial charge in [0, 0.05) is 47.2 Å². The van der Waals surface area contributed by atoms with Gasteiger partial charge >= 0.3 is 0 Å². The van der Waals surface area contributed by atoms with Crippen LogP contribution in [0.3, 0.4) is 0 Å². The number of hydrogen-bond acceptors (Lipinski definition) is 7. The fourth-order valence-electron chi connectivity index (χ4n) is 5.69. The van der Waals surface area contributed by atoms with E-state index in [0.717, 1.165) is 19.3 Å². The molecular formula is C28H32Cl2N6O2S. The number of amides is 1. The van der Waals surface area contributed by atoms with Crippen LogP contribution in [0.5, 0.6) is 0 Å². The number of benzene rings is 1. The maximum absolute atomic E-state index is 13.2. The molecule has 0 saturated carbocycles. The Hall–Kier alpha value is -2.43. The summed E-state index contributed by atoms with van der Waals surface area (Å²) in [6.45, 7) is 9.13. The van der Waals surface area contributed by atoms with Crippen molar-refractivity contribution in [3.05, 3.63) is 69.2 Å². The van der Waals surface area contributed by atoms with Gasteiger partial charge in [-0.3, -0.25) is 4.79 Å². The van der Waals surface area contributed by atoms with Crippen LogP contribution < -0.4 is 15.4 Å². The topological polar surface area (TPSA) is 120 Å².